The quantitative estimate of drug-likeness (QED) is 0.746. The molecule has 6 heteroatoms. The van der Waals surface area contributed by atoms with Gasteiger partial charge < -0.3 is 9.64 Å². The number of amides is 1. The molecular formula is C13H14N2O2S2. The highest BCUT2D eigenvalue weighted by atomic mass is 32.2. The molecule has 0 aromatic carbocycles. The van der Waals surface area contributed by atoms with Crippen LogP contribution in [0.3, 0.4) is 0 Å². The van der Waals surface area contributed by atoms with E-state index in [1.165, 1.54) is 16.6 Å². The number of thioether (sulfide) groups is 1. The summed E-state index contributed by atoms with van der Waals surface area (Å²) in [5.74, 6) is -0.127. The molecule has 0 atom stereocenters. The van der Waals surface area contributed by atoms with Gasteiger partial charge in [0.05, 0.1) is 18.1 Å². The van der Waals surface area contributed by atoms with E-state index in [9.17, 15) is 4.79 Å². The predicted molar refractivity (Wildman–Crippen MR) is 79.5 cm³/mol. The first-order chi connectivity index (χ1) is 9.22. The number of rotatable bonds is 1. The molecule has 1 aromatic rings. The van der Waals surface area contributed by atoms with Crippen LogP contribution < -0.4 is 0 Å². The molecule has 19 heavy (non-hydrogen) atoms. The van der Waals surface area contributed by atoms with Gasteiger partial charge in [0.2, 0.25) is 0 Å². The lowest BCUT2D eigenvalue weighted by molar-refractivity contribution is -0.113. The zero-order valence-corrected chi connectivity index (χ0v) is 12.2. The maximum atomic E-state index is 11.9. The van der Waals surface area contributed by atoms with E-state index in [2.05, 4.69) is 22.9 Å². The number of hydrogen-bond acceptors (Lipinski definition) is 5. The number of morpholine rings is 1. The number of aliphatic imine (C=N–C) groups is 1. The molecule has 3 heterocycles. The third-order valence-corrected chi connectivity index (χ3v) is 4.92. The van der Waals surface area contributed by atoms with Crippen molar-refractivity contribution < 1.29 is 9.53 Å². The minimum atomic E-state index is -0.127. The van der Waals surface area contributed by atoms with Crippen molar-refractivity contribution in [1.82, 2.24) is 4.90 Å². The topological polar surface area (TPSA) is 41.9 Å². The number of amidine groups is 1. The summed E-state index contributed by atoms with van der Waals surface area (Å²) in [5, 5.41) is 0.813. The van der Waals surface area contributed by atoms with E-state index in [1.807, 2.05) is 12.1 Å². The van der Waals surface area contributed by atoms with Crippen molar-refractivity contribution in [3.05, 3.63) is 26.8 Å². The Morgan fingerprint density at radius 1 is 1.37 bits per heavy atom. The van der Waals surface area contributed by atoms with Crippen molar-refractivity contribution in [1.29, 1.82) is 0 Å². The second-order valence-corrected chi connectivity index (χ2v) is 6.69. The Bertz CT molecular complexity index is 557. The zero-order valence-electron chi connectivity index (χ0n) is 10.6. The number of ether oxygens (including phenoxy) is 1. The standard InChI is InChI=1S/C13H14N2O2S2/c1-9-2-3-10(18-9)8-11-12(16)14-13(19-11)15-4-6-17-7-5-15/h2-3,8H,4-7H2,1H3. The lowest BCUT2D eigenvalue weighted by Gasteiger charge is -2.27. The van der Waals surface area contributed by atoms with Crippen LogP contribution in [0.1, 0.15) is 9.75 Å². The van der Waals surface area contributed by atoms with Crippen LogP contribution in [0.4, 0.5) is 0 Å². The molecular weight excluding hydrogens is 280 g/mol. The first kappa shape index (κ1) is 12.9. The number of nitrogens with zero attached hydrogens (tertiary/aromatic N) is 2. The number of aryl methyl sites for hydroxylation is 1. The Hall–Kier alpha value is -1.11. The molecule has 0 saturated carbocycles. The van der Waals surface area contributed by atoms with Gasteiger partial charge in [-0.15, -0.1) is 11.3 Å². The fourth-order valence-electron chi connectivity index (χ4n) is 1.95. The minimum absolute atomic E-state index is 0.127. The summed E-state index contributed by atoms with van der Waals surface area (Å²) in [6, 6.07) is 4.10. The molecule has 0 bridgehead atoms. The SMILES string of the molecule is Cc1ccc(C=C2SC(N3CCOCC3)=NC2=O)s1. The van der Waals surface area contributed by atoms with Gasteiger partial charge in [0.1, 0.15) is 0 Å². The summed E-state index contributed by atoms with van der Waals surface area (Å²) in [6.45, 7) is 5.09. The van der Waals surface area contributed by atoms with Gasteiger partial charge >= 0.3 is 0 Å². The Labute approximate surface area is 120 Å². The molecule has 0 radical (unpaired) electrons. The summed E-state index contributed by atoms with van der Waals surface area (Å²) in [6.07, 6.45) is 1.93. The third-order valence-electron chi connectivity index (χ3n) is 2.93. The molecule has 2 aliphatic heterocycles. The van der Waals surface area contributed by atoms with Gasteiger partial charge in [-0.25, -0.2) is 0 Å². The van der Waals surface area contributed by atoms with E-state index in [1.54, 1.807) is 11.3 Å². The average molecular weight is 294 g/mol. The molecule has 1 aromatic heterocycles. The van der Waals surface area contributed by atoms with Crippen molar-refractivity contribution in [3.63, 3.8) is 0 Å². The summed E-state index contributed by atoms with van der Waals surface area (Å²) >= 11 is 3.15. The van der Waals surface area contributed by atoms with E-state index in [4.69, 9.17) is 4.74 Å². The number of carbonyl (C=O) groups is 1. The van der Waals surface area contributed by atoms with E-state index >= 15 is 0 Å². The molecule has 1 fully saturated rings. The fraction of sp³-hybridized carbons (Fsp3) is 0.385. The van der Waals surface area contributed by atoms with Crippen LogP contribution in [0.2, 0.25) is 0 Å². The van der Waals surface area contributed by atoms with Crippen molar-refractivity contribution >= 4 is 40.2 Å². The van der Waals surface area contributed by atoms with Crippen molar-refractivity contribution in [2.45, 2.75) is 6.92 Å². The minimum Gasteiger partial charge on any atom is -0.378 e. The van der Waals surface area contributed by atoms with Crippen LogP contribution >= 0.6 is 23.1 Å². The highest BCUT2D eigenvalue weighted by Crippen LogP contribution is 2.31. The Kier molecular flexibility index (Phi) is 3.72. The van der Waals surface area contributed by atoms with Crippen molar-refractivity contribution in [2.24, 2.45) is 4.99 Å². The molecule has 1 amide bonds. The normalized spacial score (nSPS) is 22.2. The van der Waals surface area contributed by atoms with Gasteiger partial charge in [0.15, 0.2) is 5.17 Å². The molecule has 2 aliphatic rings. The largest absolute Gasteiger partial charge is 0.378 e. The molecule has 100 valence electrons. The first-order valence-electron chi connectivity index (χ1n) is 6.14. The monoisotopic (exact) mass is 294 g/mol. The molecule has 0 unspecified atom stereocenters. The molecule has 1 saturated heterocycles. The Morgan fingerprint density at radius 2 is 2.16 bits per heavy atom. The first-order valence-corrected chi connectivity index (χ1v) is 7.77. The number of hydrogen-bond donors (Lipinski definition) is 0. The summed E-state index contributed by atoms with van der Waals surface area (Å²) in [7, 11) is 0. The average Bonchev–Trinajstić information content (AvgIpc) is 2.98. The number of thiophene rings is 1. The van der Waals surface area contributed by atoms with Crippen molar-refractivity contribution in [2.75, 3.05) is 26.3 Å². The van der Waals surface area contributed by atoms with E-state index in [0.717, 1.165) is 23.1 Å². The molecule has 0 aliphatic carbocycles. The maximum absolute atomic E-state index is 11.9. The second kappa shape index (κ2) is 5.48. The lowest BCUT2D eigenvalue weighted by atomic mass is 10.4. The van der Waals surface area contributed by atoms with Crippen molar-refractivity contribution in [3.8, 4) is 0 Å². The molecule has 3 rings (SSSR count). The van der Waals surface area contributed by atoms with Gasteiger partial charge in [-0.1, -0.05) is 0 Å². The van der Waals surface area contributed by atoms with Gasteiger partial charge in [0, 0.05) is 22.8 Å². The van der Waals surface area contributed by atoms with Crippen LogP contribution in [0.25, 0.3) is 6.08 Å². The molecule has 0 N–H and O–H groups in total. The molecule has 4 nitrogen and oxygen atoms in total. The Morgan fingerprint density at radius 3 is 2.84 bits per heavy atom. The highest BCUT2D eigenvalue weighted by Gasteiger charge is 2.27. The number of carbonyl (C=O) groups excluding carboxylic acids is 1. The predicted octanol–water partition coefficient (Wildman–Crippen LogP) is 2.36. The summed E-state index contributed by atoms with van der Waals surface area (Å²) in [5.41, 5.74) is 0. The van der Waals surface area contributed by atoms with Crippen LogP contribution in [0.15, 0.2) is 22.0 Å². The van der Waals surface area contributed by atoms with Crippen LogP contribution in [0.5, 0.6) is 0 Å². The highest BCUT2D eigenvalue weighted by molar-refractivity contribution is 8.18. The lowest BCUT2D eigenvalue weighted by Crippen LogP contribution is -2.38. The second-order valence-electron chi connectivity index (χ2n) is 4.36. The van der Waals surface area contributed by atoms with Crippen LogP contribution in [0, 0.1) is 6.92 Å². The van der Waals surface area contributed by atoms with Gasteiger partial charge in [-0.2, -0.15) is 4.99 Å². The molecule has 0 spiro atoms. The summed E-state index contributed by atoms with van der Waals surface area (Å²) in [4.78, 5) is 21.2. The van der Waals surface area contributed by atoms with Crippen LogP contribution in [-0.4, -0.2) is 42.3 Å². The third kappa shape index (κ3) is 2.91. The summed E-state index contributed by atoms with van der Waals surface area (Å²) < 4.78 is 5.31. The smallest absolute Gasteiger partial charge is 0.286 e. The van der Waals surface area contributed by atoms with Gasteiger partial charge in [-0.05, 0) is 36.9 Å². The maximum Gasteiger partial charge on any atom is 0.286 e. The fourth-order valence-corrected chi connectivity index (χ4v) is 3.80. The van der Waals surface area contributed by atoms with Gasteiger partial charge in [-0.3, -0.25) is 4.79 Å². The van der Waals surface area contributed by atoms with E-state index in [0.29, 0.717) is 18.1 Å². The van der Waals surface area contributed by atoms with Crippen LogP contribution in [-0.2, 0) is 9.53 Å². The Balaban J connectivity index is 1.74. The van der Waals surface area contributed by atoms with E-state index in [-0.39, 0.29) is 5.91 Å². The van der Waals surface area contributed by atoms with Gasteiger partial charge in [0.25, 0.3) is 5.91 Å². The van der Waals surface area contributed by atoms with E-state index < -0.39 is 0 Å². The zero-order chi connectivity index (χ0) is 13.2.